The molecule has 6 nitrogen and oxygen atoms in total. The van der Waals surface area contributed by atoms with E-state index in [1.807, 2.05) is 54.6 Å². The first-order valence-corrected chi connectivity index (χ1v) is 9.47. The average Bonchev–Trinajstić information content (AvgIpc) is 3.07. The maximum atomic E-state index is 6.33. The molecule has 1 N–H and O–H groups in total. The molecule has 2 heterocycles. The van der Waals surface area contributed by atoms with E-state index in [2.05, 4.69) is 36.4 Å². The Morgan fingerprint density at radius 1 is 0.964 bits per heavy atom. The number of anilines is 2. The third-order valence-corrected chi connectivity index (χ3v) is 4.72. The Morgan fingerprint density at radius 2 is 1.68 bits per heavy atom. The monoisotopic (exact) mass is 392 g/mol. The first kappa shape index (κ1) is 18.4. The largest absolute Gasteiger partial charge is 0.338 e. The second-order valence-electron chi connectivity index (χ2n) is 7.65. The van der Waals surface area contributed by atoms with Gasteiger partial charge in [0.25, 0.3) is 0 Å². The van der Waals surface area contributed by atoms with Crippen LogP contribution in [0.5, 0.6) is 0 Å². The second kappa shape index (κ2) is 7.20. The van der Waals surface area contributed by atoms with Gasteiger partial charge in [0.05, 0.1) is 6.54 Å². The molecule has 0 atom stereocenters. The van der Waals surface area contributed by atoms with Crippen molar-refractivity contribution in [2.24, 2.45) is 0 Å². The normalized spacial score (nSPS) is 11.7. The molecule has 0 aliphatic rings. The summed E-state index contributed by atoms with van der Waals surface area (Å²) in [7, 11) is 0. The second-order valence-corrected chi connectivity index (χ2v) is 8.05. The van der Waals surface area contributed by atoms with Gasteiger partial charge in [0.2, 0.25) is 0 Å². The number of fused-ring (bicyclic) bond motifs is 1. The zero-order chi connectivity index (χ0) is 19.7. The van der Waals surface area contributed by atoms with Crippen LogP contribution in [0.25, 0.3) is 11.2 Å². The van der Waals surface area contributed by atoms with E-state index in [1.54, 1.807) is 4.68 Å². The molecular weight excluding hydrogens is 372 g/mol. The molecule has 4 aromatic rings. The highest BCUT2D eigenvalue weighted by atomic mass is 35.5. The van der Waals surface area contributed by atoms with E-state index in [0.717, 1.165) is 17.1 Å². The molecule has 0 aliphatic carbocycles. The summed E-state index contributed by atoms with van der Waals surface area (Å²) in [6.07, 6.45) is 0. The molecule has 0 aliphatic heterocycles. The summed E-state index contributed by atoms with van der Waals surface area (Å²) in [6, 6.07) is 17.6. The fraction of sp³-hybridized carbons (Fsp3) is 0.238. The van der Waals surface area contributed by atoms with Crippen molar-refractivity contribution in [3.63, 3.8) is 0 Å². The molecule has 0 saturated heterocycles. The number of rotatable bonds is 4. The van der Waals surface area contributed by atoms with Crippen molar-refractivity contribution in [2.45, 2.75) is 32.7 Å². The van der Waals surface area contributed by atoms with Gasteiger partial charge in [0.15, 0.2) is 17.0 Å². The van der Waals surface area contributed by atoms with Crippen LogP contribution in [-0.2, 0) is 12.0 Å². The van der Waals surface area contributed by atoms with Crippen molar-refractivity contribution < 1.29 is 0 Å². The molecule has 28 heavy (non-hydrogen) atoms. The van der Waals surface area contributed by atoms with Gasteiger partial charge in [-0.25, -0.2) is 14.6 Å². The minimum atomic E-state index is -0.221. The number of para-hydroxylation sites is 1. The summed E-state index contributed by atoms with van der Waals surface area (Å²) >= 11 is 6.33. The van der Waals surface area contributed by atoms with Crippen LogP contribution < -0.4 is 5.32 Å². The highest BCUT2D eigenvalue weighted by molar-refractivity contribution is 6.31. The molecular formula is C21H21ClN6. The Bertz CT molecular complexity index is 1110. The van der Waals surface area contributed by atoms with Crippen molar-refractivity contribution in [1.82, 2.24) is 25.0 Å². The predicted molar refractivity (Wildman–Crippen MR) is 112 cm³/mol. The van der Waals surface area contributed by atoms with Gasteiger partial charge in [-0.15, -0.1) is 5.10 Å². The first-order valence-electron chi connectivity index (χ1n) is 9.09. The Morgan fingerprint density at radius 3 is 2.39 bits per heavy atom. The van der Waals surface area contributed by atoms with E-state index in [9.17, 15) is 0 Å². The van der Waals surface area contributed by atoms with Crippen molar-refractivity contribution in [3.8, 4) is 0 Å². The molecule has 0 fully saturated rings. The van der Waals surface area contributed by atoms with Gasteiger partial charge in [-0.3, -0.25) is 0 Å². The zero-order valence-corrected chi connectivity index (χ0v) is 16.8. The summed E-state index contributed by atoms with van der Waals surface area (Å²) in [5, 5.41) is 12.7. The van der Waals surface area contributed by atoms with Gasteiger partial charge in [-0.05, 0) is 23.8 Å². The Kier molecular flexibility index (Phi) is 4.73. The molecule has 2 aromatic carbocycles. The van der Waals surface area contributed by atoms with E-state index in [4.69, 9.17) is 21.6 Å². The van der Waals surface area contributed by atoms with Crippen LogP contribution in [0.2, 0.25) is 5.02 Å². The molecule has 0 radical (unpaired) electrons. The predicted octanol–water partition coefficient (Wildman–Crippen LogP) is 4.96. The van der Waals surface area contributed by atoms with Gasteiger partial charge in [-0.2, -0.15) is 0 Å². The third kappa shape index (κ3) is 3.68. The molecule has 0 amide bonds. The smallest absolute Gasteiger partial charge is 0.184 e. The minimum Gasteiger partial charge on any atom is -0.338 e. The Hall–Kier alpha value is -2.99. The number of halogens is 1. The van der Waals surface area contributed by atoms with E-state index < -0.39 is 0 Å². The number of hydrogen-bond acceptors (Lipinski definition) is 5. The summed E-state index contributed by atoms with van der Waals surface area (Å²) in [5.41, 5.74) is 2.98. The maximum absolute atomic E-state index is 6.33. The van der Waals surface area contributed by atoms with Crippen LogP contribution in [-0.4, -0.2) is 25.0 Å². The molecule has 7 heteroatoms. The highest BCUT2D eigenvalue weighted by Gasteiger charge is 2.23. The van der Waals surface area contributed by atoms with Crippen molar-refractivity contribution >= 4 is 34.3 Å². The summed E-state index contributed by atoms with van der Waals surface area (Å²) in [4.78, 5) is 9.52. The van der Waals surface area contributed by atoms with Crippen LogP contribution in [0.4, 0.5) is 11.5 Å². The SMILES string of the molecule is CC(C)(C)c1nc(Nc2ccccc2)c2nnn(Cc3ccccc3Cl)c2n1. The quantitative estimate of drug-likeness (QED) is 0.531. The van der Waals surface area contributed by atoms with Crippen LogP contribution in [0, 0.1) is 0 Å². The number of benzene rings is 2. The van der Waals surface area contributed by atoms with Crippen LogP contribution >= 0.6 is 11.6 Å². The van der Waals surface area contributed by atoms with Gasteiger partial charge >= 0.3 is 0 Å². The van der Waals surface area contributed by atoms with E-state index in [-0.39, 0.29) is 5.41 Å². The molecule has 0 saturated carbocycles. The van der Waals surface area contributed by atoms with Gasteiger partial charge in [0, 0.05) is 16.1 Å². The minimum absolute atomic E-state index is 0.221. The van der Waals surface area contributed by atoms with Gasteiger partial charge < -0.3 is 5.32 Å². The lowest BCUT2D eigenvalue weighted by Gasteiger charge is -2.18. The fourth-order valence-corrected chi connectivity index (χ4v) is 3.03. The maximum Gasteiger partial charge on any atom is 0.184 e. The van der Waals surface area contributed by atoms with E-state index >= 15 is 0 Å². The Labute approximate surface area is 168 Å². The third-order valence-electron chi connectivity index (χ3n) is 4.35. The van der Waals surface area contributed by atoms with Crippen molar-refractivity contribution in [1.29, 1.82) is 0 Å². The van der Waals surface area contributed by atoms with Crippen LogP contribution in [0.1, 0.15) is 32.2 Å². The topological polar surface area (TPSA) is 68.5 Å². The van der Waals surface area contributed by atoms with Crippen molar-refractivity contribution in [3.05, 3.63) is 71.0 Å². The summed E-state index contributed by atoms with van der Waals surface area (Å²) in [5.74, 6) is 1.37. The van der Waals surface area contributed by atoms with E-state index in [0.29, 0.717) is 28.5 Å². The van der Waals surface area contributed by atoms with Crippen LogP contribution in [0.15, 0.2) is 54.6 Å². The fourth-order valence-electron chi connectivity index (χ4n) is 2.83. The van der Waals surface area contributed by atoms with Gasteiger partial charge in [-0.1, -0.05) is 74.0 Å². The zero-order valence-electron chi connectivity index (χ0n) is 16.0. The molecule has 0 unspecified atom stereocenters. The number of nitrogens with zero attached hydrogens (tertiary/aromatic N) is 5. The summed E-state index contributed by atoms with van der Waals surface area (Å²) in [6.45, 7) is 6.75. The first-order chi connectivity index (χ1) is 13.4. The molecule has 0 spiro atoms. The Balaban J connectivity index is 1.83. The average molecular weight is 393 g/mol. The number of nitrogens with one attached hydrogen (secondary N) is 1. The lowest BCUT2D eigenvalue weighted by Crippen LogP contribution is -2.18. The van der Waals surface area contributed by atoms with E-state index in [1.165, 1.54) is 0 Å². The van der Waals surface area contributed by atoms with Gasteiger partial charge in [0.1, 0.15) is 5.82 Å². The molecule has 4 rings (SSSR count). The molecule has 142 valence electrons. The van der Waals surface area contributed by atoms with Crippen LogP contribution in [0.3, 0.4) is 0 Å². The molecule has 0 bridgehead atoms. The standard InChI is InChI=1S/C21H21ClN6/c1-21(2,3)20-24-18(23-15-10-5-4-6-11-15)17-19(25-20)28(27-26-17)13-14-9-7-8-12-16(14)22/h4-12H,13H2,1-3H3,(H,23,24,25). The lowest BCUT2D eigenvalue weighted by molar-refractivity contribution is 0.546. The number of hydrogen-bond donors (Lipinski definition) is 1. The molecule has 2 aromatic heterocycles. The number of aromatic nitrogens is 5. The summed E-state index contributed by atoms with van der Waals surface area (Å²) < 4.78 is 1.77. The lowest BCUT2D eigenvalue weighted by atomic mass is 9.96. The van der Waals surface area contributed by atoms with Crippen molar-refractivity contribution in [2.75, 3.05) is 5.32 Å². The highest BCUT2D eigenvalue weighted by Crippen LogP contribution is 2.27.